The average molecular weight is 311 g/mol. The van der Waals surface area contributed by atoms with Crippen molar-refractivity contribution in [3.63, 3.8) is 0 Å². The number of carbonyl (C=O) groups excluding carboxylic acids is 1. The van der Waals surface area contributed by atoms with E-state index in [1.807, 2.05) is 43.0 Å². The normalized spacial score (nSPS) is 12.2. The largest absolute Gasteiger partial charge is 0.326 e. The Bertz CT molecular complexity index is 609. The SMILES string of the molecule is CNCC(C)C(=O)Nc1ccc2cnn(C(C)C)c2c1.Cl. The van der Waals surface area contributed by atoms with Crippen LogP contribution in [-0.2, 0) is 4.79 Å². The fraction of sp³-hybridized carbons (Fsp3) is 0.467. The molecule has 0 aliphatic heterocycles. The van der Waals surface area contributed by atoms with Crippen LogP contribution in [0.25, 0.3) is 10.9 Å². The highest BCUT2D eigenvalue weighted by Gasteiger charge is 2.13. The Morgan fingerprint density at radius 2 is 2.05 bits per heavy atom. The Morgan fingerprint density at radius 3 is 2.67 bits per heavy atom. The molecule has 21 heavy (non-hydrogen) atoms. The van der Waals surface area contributed by atoms with Crippen LogP contribution in [0.5, 0.6) is 0 Å². The zero-order chi connectivity index (χ0) is 14.7. The first-order valence-electron chi connectivity index (χ1n) is 6.95. The van der Waals surface area contributed by atoms with Crippen LogP contribution in [-0.4, -0.2) is 29.3 Å². The van der Waals surface area contributed by atoms with E-state index >= 15 is 0 Å². The number of nitrogens with one attached hydrogen (secondary N) is 2. The van der Waals surface area contributed by atoms with Gasteiger partial charge in [0.15, 0.2) is 0 Å². The molecule has 0 aliphatic rings. The standard InChI is InChI=1S/C15H22N4O.ClH/c1-10(2)19-14-7-13(6-5-12(14)9-17-19)18-15(20)11(3)8-16-4;/h5-7,9-11,16H,8H2,1-4H3,(H,18,20);1H. The molecule has 0 saturated carbocycles. The van der Waals surface area contributed by atoms with Crippen molar-refractivity contribution in [1.82, 2.24) is 15.1 Å². The molecule has 1 aromatic heterocycles. The summed E-state index contributed by atoms with van der Waals surface area (Å²) >= 11 is 0. The lowest BCUT2D eigenvalue weighted by molar-refractivity contribution is -0.119. The van der Waals surface area contributed by atoms with Gasteiger partial charge in [-0.2, -0.15) is 5.10 Å². The van der Waals surface area contributed by atoms with Crippen LogP contribution in [0.2, 0.25) is 0 Å². The molecule has 1 unspecified atom stereocenters. The highest BCUT2D eigenvalue weighted by Crippen LogP contribution is 2.22. The Kier molecular flexibility index (Phi) is 6.18. The molecule has 1 amide bonds. The summed E-state index contributed by atoms with van der Waals surface area (Å²) in [7, 11) is 1.84. The molecular weight excluding hydrogens is 288 g/mol. The minimum Gasteiger partial charge on any atom is -0.326 e. The lowest BCUT2D eigenvalue weighted by Gasteiger charge is -2.12. The van der Waals surface area contributed by atoms with Crippen molar-refractivity contribution >= 4 is 34.9 Å². The van der Waals surface area contributed by atoms with E-state index in [2.05, 4.69) is 29.6 Å². The maximum Gasteiger partial charge on any atom is 0.228 e. The van der Waals surface area contributed by atoms with Gasteiger partial charge in [-0.15, -0.1) is 12.4 Å². The van der Waals surface area contributed by atoms with Gasteiger partial charge in [-0.25, -0.2) is 0 Å². The van der Waals surface area contributed by atoms with Crippen molar-refractivity contribution in [3.8, 4) is 0 Å². The summed E-state index contributed by atoms with van der Waals surface area (Å²) in [4.78, 5) is 12.0. The summed E-state index contributed by atoms with van der Waals surface area (Å²) in [6.07, 6.45) is 1.85. The van der Waals surface area contributed by atoms with Crippen molar-refractivity contribution < 1.29 is 4.79 Å². The van der Waals surface area contributed by atoms with Crippen LogP contribution in [0.3, 0.4) is 0 Å². The van der Waals surface area contributed by atoms with Crippen LogP contribution in [0.4, 0.5) is 5.69 Å². The zero-order valence-electron chi connectivity index (χ0n) is 12.9. The topological polar surface area (TPSA) is 59.0 Å². The average Bonchev–Trinajstić information content (AvgIpc) is 2.82. The van der Waals surface area contributed by atoms with E-state index in [1.54, 1.807) is 0 Å². The van der Waals surface area contributed by atoms with E-state index in [4.69, 9.17) is 0 Å². The third-order valence-corrected chi connectivity index (χ3v) is 3.31. The number of hydrogen-bond acceptors (Lipinski definition) is 3. The molecule has 2 aromatic rings. The molecular formula is C15H23ClN4O. The number of hydrogen-bond donors (Lipinski definition) is 2. The van der Waals surface area contributed by atoms with Crippen LogP contribution in [0.15, 0.2) is 24.4 Å². The monoisotopic (exact) mass is 310 g/mol. The predicted molar refractivity (Wildman–Crippen MR) is 89.1 cm³/mol. The van der Waals surface area contributed by atoms with Gasteiger partial charge in [0.2, 0.25) is 5.91 Å². The van der Waals surface area contributed by atoms with E-state index in [0.29, 0.717) is 12.6 Å². The molecule has 1 aromatic carbocycles. The molecule has 0 spiro atoms. The Morgan fingerprint density at radius 1 is 1.33 bits per heavy atom. The number of amides is 1. The molecule has 1 atom stereocenters. The first-order chi connectivity index (χ1) is 9.52. The molecule has 0 aliphatic carbocycles. The number of benzene rings is 1. The van der Waals surface area contributed by atoms with Gasteiger partial charge in [-0.05, 0) is 39.1 Å². The van der Waals surface area contributed by atoms with Crippen molar-refractivity contribution in [1.29, 1.82) is 0 Å². The number of halogens is 1. The van der Waals surface area contributed by atoms with Crippen molar-refractivity contribution in [3.05, 3.63) is 24.4 Å². The number of carbonyl (C=O) groups is 1. The second-order valence-corrected chi connectivity index (χ2v) is 5.40. The van der Waals surface area contributed by atoms with E-state index < -0.39 is 0 Å². The molecule has 116 valence electrons. The summed E-state index contributed by atoms with van der Waals surface area (Å²) in [5, 5.41) is 11.4. The molecule has 0 bridgehead atoms. The van der Waals surface area contributed by atoms with Gasteiger partial charge in [0, 0.05) is 29.6 Å². The smallest absolute Gasteiger partial charge is 0.228 e. The molecule has 6 heteroatoms. The number of anilines is 1. The summed E-state index contributed by atoms with van der Waals surface area (Å²) < 4.78 is 1.96. The fourth-order valence-corrected chi connectivity index (χ4v) is 2.19. The minimum atomic E-state index is -0.0642. The lowest BCUT2D eigenvalue weighted by atomic mass is 10.1. The molecule has 0 saturated heterocycles. The predicted octanol–water partition coefficient (Wildman–Crippen LogP) is 2.83. The van der Waals surface area contributed by atoms with Gasteiger partial charge in [-0.1, -0.05) is 6.92 Å². The first kappa shape index (κ1) is 17.5. The second-order valence-electron chi connectivity index (χ2n) is 5.40. The quantitative estimate of drug-likeness (QED) is 0.893. The van der Waals surface area contributed by atoms with Gasteiger partial charge in [0.1, 0.15) is 0 Å². The van der Waals surface area contributed by atoms with Crippen LogP contribution < -0.4 is 10.6 Å². The summed E-state index contributed by atoms with van der Waals surface area (Å²) in [6, 6.07) is 6.17. The molecule has 5 nitrogen and oxygen atoms in total. The maximum absolute atomic E-state index is 12.0. The van der Waals surface area contributed by atoms with Crippen LogP contribution >= 0.6 is 12.4 Å². The number of nitrogens with zero attached hydrogens (tertiary/aromatic N) is 2. The minimum absolute atomic E-state index is 0. The van der Waals surface area contributed by atoms with Gasteiger partial charge < -0.3 is 10.6 Å². The van der Waals surface area contributed by atoms with Gasteiger partial charge in [0.05, 0.1) is 11.7 Å². The summed E-state index contributed by atoms with van der Waals surface area (Å²) in [5.74, 6) is -0.0416. The lowest BCUT2D eigenvalue weighted by Crippen LogP contribution is -2.28. The second kappa shape index (κ2) is 7.43. The molecule has 2 rings (SSSR count). The van der Waals surface area contributed by atoms with Gasteiger partial charge >= 0.3 is 0 Å². The highest BCUT2D eigenvalue weighted by atomic mass is 35.5. The van der Waals surface area contributed by atoms with E-state index in [1.165, 1.54) is 0 Å². The summed E-state index contributed by atoms with van der Waals surface area (Å²) in [6.45, 7) is 6.75. The van der Waals surface area contributed by atoms with E-state index in [-0.39, 0.29) is 24.2 Å². The van der Waals surface area contributed by atoms with Gasteiger partial charge in [0.25, 0.3) is 0 Å². The van der Waals surface area contributed by atoms with Crippen molar-refractivity contribution in [2.24, 2.45) is 5.92 Å². The van der Waals surface area contributed by atoms with E-state index in [0.717, 1.165) is 16.6 Å². The fourth-order valence-electron chi connectivity index (χ4n) is 2.19. The first-order valence-corrected chi connectivity index (χ1v) is 6.95. The Hall–Kier alpha value is -1.59. The molecule has 1 heterocycles. The number of fused-ring (bicyclic) bond motifs is 1. The zero-order valence-corrected chi connectivity index (χ0v) is 13.7. The molecule has 0 fully saturated rings. The highest BCUT2D eigenvalue weighted by molar-refractivity contribution is 5.94. The van der Waals surface area contributed by atoms with Crippen LogP contribution in [0.1, 0.15) is 26.8 Å². The third-order valence-electron chi connectivity index (χ3n) is 3.31. The third kappa shape index (κ3) is 3.95. The van der Waals surface area contributed by atoms with Crippen LogP contribution in [0, 0.1) is 5.92 Å². The Labute approximate surface area is 131 Å². The number of aromatic nitrogens is 2. The van der Waals surface area contributed by atoms with E-state index in [9.17, 15) is 4.79 Å². The summed E-state index contributed by atoms with van der Waals surface area (Å²) in [5.41, 5.74) is 1.85. The van der Waals surface area contributed by atoms with Crippen molar-refractivity contribution in [2.75, 3.05) is 18.9 Å². The Balaban J connectivity index is 0.00000220. The molecule has 2 N–H and O–H groups in total. The maximum atomic E-state index is 12.0. The molecule has 0 radical (unpaired) electrons. The van der Waals surface area contributed by atoms with Crippen molar-refractivity contribution in [2.45, 2.75) is 26.8 Å². The van der Waals surface area contributed by atoms with Gasteiger partial charge in [-0.3, -0.25) is 9.48 Å². The number of rotatable bonds is 5.